The van der Waals surface area contributed by atoms with Gasteiger partial charge in [-0.25, -0.2) is 0 Å². The lowest BCUT2D eigenvalue weighted by Gasteiger charge is -2.42. The molecule has 2 heterocycles. The molecule has 1 unspecified atom stereocenters. The van der Waals surface area contributed by atoms with E-state index in [-0.39, 0.29) is 24.0 Å². The normalized spacial score (nSPS) is 21.1. The number of aliphatic hydroxyl groups is 1. The summed E-state index contributed by atoms with van der Waals surface area (Å²) in [4.78, 5) is 21.1. The number of rotatable bonds is 6. The van der Waals surface area contributed by atoms with Gasteiger partial charge in [0.25, 0.3) is 0 Å². The van der Waals surface area contributed by atoms with Crippen LogP contribution in [0.25, 0.3) is 0 Å². The fourth-order valence-corrected chi connectivity index (χ4v) is 3.03. The molecule has 0 bridgehead atoms. The minimum Gasteiger partial charge on any atom is -0.390 e. The average Bonchev–Trinajstić information content (AvgIpc) is 2.55. The molecule has 1 fully saturated rings. The topological polar surface area (TPSA) is 94.7 Å². The third-order valence-corrected chi connectivity index (χ3v) is 4.25. The Kier molecular flexibility index (Phi) is 6.89. The van der Waals surface area contributed by atoms with Crippen molar-refractivity contribution in [2.45, 2.75) is 45.0 Å². The van der Waals surface area contributed by atoms with Gasteiger partial charge in [0.15, 0.2) is 0 Å². The van der Waals surface area contributed by atoms with E-state index in [1.807, 2.05) is 37.8 Å². The molecule has 2 rings (SSSR count). The fraction of sp³-hybridized carbons (Fsp3) is 0.667. The molecular weight excluding hydrogens is 318 g/mol. The zero-order valence-corrected chi connectivity index (χ0v) is 15.5. The van der Waals surface area contributed by atoms with Crippen LogP contribution in [-0.2, 0) is 11.3 Å². The van der Waals surface area contributed by atoms with E-state index in [0.29, 0.717) is 13.1 Å². The Morgan fingerprint density at radius 3 is 2.68 bits per heavy atom. The molecule has 140 valence electrons. The SMILES string of the molecule is CC(C)(C)NC(=O)[C@@H]1CN(Cc2ccncc2)CCN1CC(O)CN. The van der Waals surface area contributed by atoms with Crippen molar-refractivity contribution in [1.82, 2.24) is 20.1 Å². The summed E-state index contributed by atoms with van der Waals surface area (Å²) in [5.41, 5.74) is 6.44. The van der Waals surface area contributed by atoms with Gasteiger partial charge in [-0.2, -0.15) is 0 Å². The van der Waals surface area contributed by atoms with Crippen LogP contribution in [0.5, 0.6) is 0 Å². The lowest BCUT2D eigenvalue weighted by Crippen LogP contribution is -2.62. The Balaban J connectivity index is 2.06. The highest BCUT2D eigenvalue weighted by atomic mass is 16.3. The van der Waals surface area contributed by atoms with E-state index >= 15 is 0 Å². The van der Waals surface area contributed by atoms with E-state index in [9.17, 15) is 9.90 Å². The standard InChI is InChI=1S/C18H31N5O2/c1-18(2,3)21-17(25)16-13-22(11-14-4-6-20-7-5-14)8-9-23(16)12-15(24)10-19/h4-7,15-16,24H,8-13,19H2,1-3H3,(H,21,25)/t15?,16-/m0/s1. The Bertz CT molecular complexity index is 546. The molecule has 1 saturated heterocycles. The number of nitrogens with two attached hydrogens (primary N) is 1. The second kappa shape index (κ2) is 8.71. The van der Waals surface area contributed by atoms with Gasteiger partial charge in [0.05, 0.1) is 6.10 Å². The largest absolute Gasteiger partial charge is 0.390 e. The van der Waals surface area contributed by atoms with Gasteiger partial charge >= 0.3 is 0 Å². The van der Waals surface area contributed by atoms with Gasteiger partial charge in [0.1, 0.15) is 6.04 Å². The van der Waals surface area contributed by atoms with Crippen LogP contribution in [0.3, 0.4) is 0 Å². The third-order valence-electron chi connectivity index (χ3n) is 4.25. The molecule has 1 aromatic heterocycles. The van der Waals surface area contributed by atoms with E-state index in [1.54, 1.807) is 12.4 Å². The molecular formula is C18H31N5O2. The van der Waals surface area contributed by atoms with E-state index < -0.39 is 6.10 Å². The van der Waals surface area contributed by atoms with Gasteiger partial charge in [-0.3, -0.25) is 19.6 Å². The first-order valence-corrected chi connectivity index (χ1v) is 8.84. The van der Waals surface area contributed by atoms with Crippen molar-refractivity contribution in [3.05, 3.63) is 30.1 Å². The molecule has 0 aliphatic carbocycles. The smallest absolute Gasteiger partial charge is 0.239 e. The van der Waals surface area contributed by atoms with Crippen molar-refractivity contribution in [1.29, 1.82) is 0 Å². The summed E-state index contributed by atoms with van der Waals surface area (Å²) in [7, 11) is 0. The number of β-amino-alcohol motifs (C(OH)–C–C–N with tert-alkyl or cyclic N) is 1. The number of carbonyl (C=O) groups excluding carboxylic acids is 1. The van der Waals surface area contributed by atoms with Crippen LogP contribution >= 0.6 is 0 Å². The molecule has 7 heteroatoms. The summed E-state index contributed by atoms with van der Waals surface area (Å²) in [6.07, 6.45) is 2.96. The number of hydrogen-bond donors (Lipinski definition) is 3. The number of hydrogen-bond acceptors (Lipinski definition) is 6. The van der Waals surface area contributed by atoms with Crippen molar-refractivity contribution >= 4 is 5.91 Å². The van der Waals surface area contributed by atoms with Crippen LogP contribution in [0, 0.1) is 0 Å². The van der Waals surface area contributed by atoms with Gasteiger partial charge in [0.2, 0.25) is 5.91 Å². The highest BCUT2D eigenvalue weighted by Gasteiger charge is 2.34. The van der Waals surface area contributed by atoms with Crippen LogP contribution in [0.1, 0.15) is 26.3 Å². The first-order chi connectivity index (χ1) is 11.8. The fourth-order valence-electron chi connectivity index (χ4n) is 3.03. The average molecular weight is 349 g/mol. The van der Waals surface area contributed by atoms with Crippen molar-refractivity contribution in [3.8, 4) is 0 Å². The summed E-state index contributed by atoms with van der Waals surface area (Å²) in [5.74, 6) is -0.00357. The first kappa shape index (κ1) is 19.8. The van der Waals surface area contributed by atoms with Gasteiger partial charge in [-0.15, -0.1) is 0 Å². The monoisotopic (exact) mass is 349 g/mol. The highest BCUT2D eigenvalue weighted by molar-refractivity contribution is 5.82. The molecule has 0 radical (unpaired) electrons. The molecule has 1 amide bonds. The predicted octanol–water partition coefficient (Wildman–Crippen LogP) is -0.198. The summed E-state index contributed by atoms with van der Waals surface area (Å²) in [6.45, 7) is 9.52. The van der Waals surface area contributed by atoms with Crippen LogP contribution in [0.4, 0.5) is 0 Å². The van der Waals surface area contributed by atoms with Crippen LogP contribution in [0.15, 0.2) is 24.5 Å². The predicted molar refractivity (Wildman–Crippen MR) is 97.8 cm³/mol. The quantitative estimate of drug-likeness (QED) is 0.659. The van der Waals surface area contributed by atoms with E-state index in [1.165, 1.54) is 5.56 Å². The molecule has 25 heavy (non-hydrogen) atoms. The van der Waals surface area contributed by atoms with Gasteiger partial charge < -0.3 is 16.2 Å². The van der Waals surface area contributed by atoms with Crippen LogP contribution in [0.2, 0.25) is 0 Å². The lowest BCUT2D eigenvalue weighted by atomic mass is 10.1. The lowest BCUT2D eigenvalue weighted by molar-refractivity contribution is -0.131. The number of nitrogens with one attached hydrogen (secondary N) is 1. The Morgan fingerprint density at radius 1 is 1.40 bits per heavy atom. The van der Waals surface area contributed by atoms with E-state index in [0.717, 1.165) is 19.6 Å². The maximum Gasteiger partial charge on any atom is 0.239 e. The van der Waals surface area contributed by atoms with Crippen molar-refractivity contribution < 1.29 is 9.90 Å². The Labute approximate surface area is 150 Å². The molecule has 1 aromatic rings. The van der Waals surface area contributed by atoms with Crippen LogP contribution in [-0.4, -0.2) is 76.2 Å². The maximum absolute atomic E-state index is 12.8. The van der Waals surface area contributed by atoms with Crippen molar-refractivity contribution in [3.63, 3.8) is 0 Å². The first-order valence-electron chi connectivity index (χ1n) is 8.84. The van der Waals surface area contributed by atoms with Gasteiger partial charge in [0, 0.05) is 57.2 Å². The number of aromatic nitrogens is 1. The zero-order chi connectivity index (χ0) is 18.4. The van der Waals surface area contributed by atoms with Crippen LogP contribution < -0.4 is 11.1 Å². The minimum atomic E-state index is -0.614. The molecule has 0 aromatic carbocycles. The number of carbonyl (C=O) groups is 1. The number of amides is 1. The second-order valence-corrected chi connectivity index (χ2v) is 7.73. The third kappa shape index (κ3) is 6.36. The summed E-state index contributed by atoms with van der Waals surface area (Å²) in [6, 6.07) is 3.69. The molecule has 4 N–H and O–H groups in total. The Morgan fingerprint density at radius 2 is 2.08 bits per heavy atom. The Hall–Kier alpha value is -1.54. The summed E-state index contributed by atoms with van der Waals surface area (Å²) in [5, 5.41) is 13.0. The molecule has 0 spiro atoms. The molecule has 7 nitrogen and oxygen atoms in total. The zero-order valence-electron chi connectivity index (χ0n) is 15.5. The van der Waals surface area contributed by atoms with Crippen molar-refractivity contribution in [2.24, 2.45) is 5.73 Å². The molecule has 0 saturated carbocycles. The number of nitrogens with zero attached hydrogens (tertiary/aromatic N) is 3. The van der Waals surface area contributed by atoms with E-state index in [4.69, 9.17) is 5.73 Å². The maximum atomic E-state index is 12.8. The van der Waals surface area contributed by atoms with Crippen molar-refractivity contribution in [2.75, 3.05) is 32.7 Å². The second-order valence-electron chi connectivity index (χ2n) is 7.73. The summed E-state index contributed by atoms with van der Waals surface area (Å²) >= 11 is 0. The van der Waals surface area contributed by atoms with Gasteiger partial charge in [-0.1, -0.05) is 0 Å². The summed E-state index contributed by atoms with van der Waals surface area (Å²) < 4.78 is 0. The number of pyridine rings is 1. The highest BCUT2D eigenvalue weighted by Crippen LogP contribution is 2.15. The molecule has 1 aliphatic rings. The number of aliphatic hydroxyl groups excluding tert-OH is 1. The molecule has 2 atom stereocenters. The minimum absolute atomic E-state index is 0.00357. The van der Waals surface area contributed by atoms with Gasteiger partial charge in [-0.05, 0) is 38.5 Å². The number of piperazine rings is 1. The van der Waals surface area contributed by atoms with E-state index in [2.05, 4.69) is 15.2 Å². The molecule has 1 aliphatic heterocycles.